The molecule has 84 valence electrons. The van der Waals surface area contributed by atoms with Crippen LogP contribution in [0, 0.1) is 0 Å². The first kappa shape index (κ1) is 12.5. The minimum absolute atomic E-state index is 0.845. The lowest BCUT2D eigenvalue weighted by molar-refractivity contribution is 0.625. The lowest BCUT2D eigenvalue weighted by Gasteiger charge is -2.04. The molecular weight excluding hydrogens is 254 g/mol. The second-order valence-electron chi connectivity index (χ2n) is 3.44. The van der Waals surface area contributed by atoms with Gasteiger partial charge in [-0.3, -0.25) is 4.68 Å². The van der Waals surface area contributed by atoms with Crippen LogP contribution >= 0.6 is 15.9 Å². The SMILES string of the molecule is C=CCCNCc1c(Br)c(CC)nn1C. The molecule has 3 nitrogen and oxygen atoms in total. The number of aromatic nitrogens is 2. The molecule has 15 heavy (non-hydrogen) atoms. The average Bonchev–Trinajstić information content (AvgIpc) is 2.50. The lowest BCUT2D eigenvalue weighted by atomic mass is 10.3. The first-order valence-corrected chi connectivity index (χ1v) is 6.01. The van der Waals surface area contributed by atoms with E-state index in [1.54, 1.807) is 0 Å². The largest absolute Gasteiger partial charge is 0.311 e. The number of halogens is 1. The standard InChI is InChI=1S/C11H18BrN3/c1-4-6-7-13-8-10-11(12)9(5-2)14-15(10)3/h4,13H,1,5-8H2,2-3H3. The molecule has 0 atom stereocenters. The van der Waals surface area contributed by atoms with E-state index in [-0.39, 0.29) is 0 Å². The molecule has 1 rings (SSSR count). The van der Waals surface area contributed by atoms with Crippen molar-refractivity contribution in [2.45, 2.75) is 26.3 Å². The summed E-state index contributed by atoms with van der Waals surface area (Å²) in [6.45, 7) is 7.61. The molecular formula is C11H18BrN3. The van der Waals surface area contributed by atoms with Crippen LogP contribution in [0.2, 0.25) is 0 Å². The van der Waals surface area contributed by atoms with Crippen LogP contribution in [0.15, 0.2) is 17.1 Å². The van der Waals surface area contributed by atoms with Gasteiger partial charge in [-0.1, -0.05) is 13.0 Å². The highest BCUT2D eigenvalue weighted by atomic mass is 79.9. The van der Waals surface area contributed by atoms with Crippen molar-refractivity contribution in [1.82, 2.24) is 15.1 Å². The molecule has 0 spiro atoms. The van der Waals surface area contributed by atoms with Crippen LogP contribution in [0.5, 0.6) is 0 Å². The summed E-state index contributed by atoms with van der Waals surface area (Å²) in [5.41, 5.74) is 2.33. The monoisotopic (exact) mass is 271 g/mol. The fraction of sp³-hybridized carbons (Fsp3) is 0.545. The molecule has 1 N–H and O–H groups in total. The molecule has 4 heteroatoms. The molecule has 0 aliphatic carbocycles. The lowest BCUT2D eigenvalue weighted by Crippen LogP contribution is -2.16. The molecule has 1 aromatic rings. The van der Waals surface area contributed by atoms with Crippen LogP contribution in [-0.2, 0) is 20.0 Å². The normalized spacial score (nSPS) is 10.6. The maximum atomic E-state index is 4.44. The predicted octanol–water partition coefficient (Wildman–Crippen LogP) is 2.41. The van der Waals surface area contributed by atoms with Gasteiger partial charge in [-0.15, -0.1) is 6.58 Å². The Hall–Kier alpha value is -0.610. The fourth-order valence-electron chi connectivity index (χ4n) is 1.42. The van der Waals surface area contributed by atoms with Crippen molar-refractivity contribution in [3.8, 4) is 0 Å². The second kappa shape index (κ2) is 6.08. The third-order valence-corrected chi connectivity index (χ3v) is 3.24. The molecule has 0 unspecified atom stereocenters. The third-order valence-electron chi connectivity index (χ3n) is 2.32. The Morgan fingerprint density at radius 1 is 1.60 bits per heavy atom. The number of nitrogens with zero attached hydrogens (tertiary/aromatic N) is 2. The Bertz CT molecular complexity index is 331. The highest BCUT2D eigenvalue weighted by Crippen LogP contribution is 2.21. The van der Waals surface area contributed by atoms with Crippen LogP contribution in [0.1, 0.15) is 24.7 Å². The summed E-state index contributed by atoms with van der Waals surface area (Å²) < 4.78 is 3.07. The van der Waals surface area contributed by atoms with E-state index >= 15 is 0 Å². The predicted molar refractivity (Wildman–Crippen MR) is 66.8 cm³/mol. The first-order valence-electron chi connectivity index (χ1n) is 5.22. The molecule has 0 amide bonds. The molecule has 0 saturated carbocycles. The van der Waals surface area contributed by atoms with Gasteiger partial charge < -0.3 is 5.32 Å². The van der Waals surface area contributed by atoms with E-state index in [9.17, 15) is 0 Å². The fourth-order valence-corrected chi connectivity index (χ4v) is 2.18. The molecule has 1 heterocycles. The van der Waals surface area contributed by atoms with Gasteiger partial charge in [-0.25, -0.2) is 0 Å². The van der Waals surface area contributed by atoms with Gasteiger partial charge >= 0.3 is 0 Å². The zero-order valence-corrected chi connectivity index (χ0v) is 11.0. The molecule has 1 aromatic heterocycles. The van der Waals surface area contributed by atoms with E-state index in [2.05, 4.69) is 39.8 Å². The van der Waals surface area contributed by atoms with Gasteiger partial charge in [0.1, 0.15) is 0 Å². The second-order valence-corrected chi connectivity index (χ2v) is 4.23. The summed E-state index contributed by atoms with van der Waals surface area (Å²) >= 11 is 3.59. The van der Waals surface area contributed by atoms with Gasteiger partial charge in [0, 0.05) is 13.6 Å². The summed E-state index contributed by atoms with van der Waals surface area (Å²) in [5.74, 6) is 0. The number of aryl methyl sites for hydroxylation is 2. The van der Waals surface area contributed by atoms with Crippen molar-refractivity contribution in [2.24, 2.45) is 7.05 Å². The maximum absolute atomic E-state index is 4.44. The minimum Gasteiger partial charge on any atom is -0.311 e. The van der Waals surface area contributed by atoms with Crippen molar-refractivity contribution in [1.29, 1.82) is 0 Å². The Kier molecular flexibility index (Phi) is 5.05. The van der Waals surface area contributed by atoms with E-state index in [4.69, 9.17) is 0 Å². The summed E-state index contributed by atoms with van der Waals surface area (Å²) in [5, 5.41) is 7.80. The number of nitrogens with one attached hydrogen (secondary N) is 1. The molecule has 0 bridgehead atoms. The van der Waals surface area contributed by atoms with E-state index < -0.39 is 0 Å². The van der Waals surface area contributed by atoms with Crippen LogP contribution < -0.4 is 5.32 Å². The van der Waals surface area contributed by atoms with Crippen molar-refractivity contribution < 1.29 is 0 Å². The molecule has 0 saturated heterocycles. The highest BCUT2D eigenvalue weighted by Gasteiger charge is 2.11. The van der Waals surface area contributed by atoms with Gasteiger partial charge in [0.15, 0.2) is 0 Å². The van der Waals surface area contributed by atoms with E-state index in [0.29, 0.717) is 0 Å². The molecule has 0 radical (unpaired) electrons. The van der Waals surface area contributed by atoms with Crippen molar-refractivity contribution in [3.05, 3.63) is 28.5 Å². The smallest absolute Gasteiger partial charge is 0.0767 e. The van der Waals surface area contributed by atoms with Crippen LogP contribution in [-0.4, -0.2) is 16.3 Å². The van der Waals surface area contributed by atoms with E-state index in [0.717, 1.165) is 36.1 Å². The molecule has 0 aliphatic rings. The van der Waals surface area contributed by atoms with Crippen molar-refractivity contribution in [3.63, 3.8) is 0 Å². The third kappa shape index (κ3) is 3.18. The van der Waals surface area contributed by atoms with Gasteiger partial charge in [0.25, 0.3) is 0 Å². The Morgan fingerprint density at radius 2 is 2.33 bits per heavy atom. The summed E-state index contributed by atoms with van der Waals surface area (Å²) in [7, 11) is 1.98. The van der Waals surface area contributed by atoms with Crippen LogP contribution in [0.4, 0.5) is 0 Å². The molecule has 0 fully saturated rings. The minimum atomic E-state index is 0.845. The molecule has 0 aromatic carbocycles. The highest BCUT2D eigenvalue weighted by molar-refractivity contribution is 9.10. The number of hydrogen-bond donors (Lipinski definition) is 1. The van der Waals surface area contributed by atoms with E-state index in [1.165, 1.54) is 5.69 Å². The zero-order chi connectivity index (χ0) is 11.3. The van der Waals surface area contributed by atoms with E-state index in [1.807, 2.05) is 17.8 Å². The topological polar surface area (TPSA) is 29.9 Å². The Balaban J connectivity index is 2.60. The van der Waals surface area contributed by atoms with Gasteiger partial charge in [-0.2, -0.15) is 5.10 Å². The van der Waals surface area contributed by atoms with Gasteiger partial charge in [0.2, 0.25) is 0 Å². The van der Waals surface area contributed by atoms with Crippen LogP contribution in [0.25, 0.3) is 0 Å². The van der Waals surface area contributed by atoms with Crippen molar-refractivity contribution >= 4 is 15.9 Å². The summed E-state index contributed by atoms with van der Waals surface area (Å²) in [6.07, 6.45) is 3.87. The Morgan fingerprint density at radius 3 is 2.87 bits per heavy atom. The zero-order valence-electron chi connectivity index (χ0n) is 9.39. The first-order chi connectivity index (χ1) is 7.20. The summed E-state index contributed by atoms with van der Waals surface area (Å²) in [4.78, 5) is 0. The average molecular weight is 272 g/mol. The van der Waals surface area contributed by atoms with Crippen LogP contribution in [0.3, 0.4) is 0 Å². The van der Waals surface area contributed by atoms with Gasteiger partial charge in [0.05, 0.1) is 15.9 Å². The Labute approximate surface area is 99.7 Å². The van der Waals surface area contributed by atoms with Gasteiger partial charge in [-0.05, 0) is 35.3 Å². The number of rotatable bonds is 6. The quantitative estimate of drug-likeness (QED) is 0.636. The molecule has 0 aliphatic heterocycles. The number of hydrogen-bond acceptors (Lipinski definition) is 2. The maximum Gasteiger partial charge on any atom is 0.0767 e. The summed E-state index contributed by atoms with van der Waals surface area (Å²) in [6, 6.07) is 0. The van der Waals surface area contributed by atoms with Crippen molar-refractivity contribution in [2.75, 3.05) is 6.54 Å².